The number of para-hydroxylation sites is 2. The van der Waals surface area contributed by atoms with Gasteiger partial charge in [0.2, 0.25) is 5.91 Å². The highest BCUT2D eigenvalue weighted by Crippen LogP contribution is 2.20. The number of nitrogens with zero attached hydrogens (tertiary/aromatic N) is 1. The average molecular weight is 497 g/mol. The number of halogens is 3. The lowest BCUT2D eigenvalue weighted by atomic mass is 10.1. The maximum Gasteiger partial charge on any atom is 0.326 e. The van der Waals surface area contributed by atoms with E-state index in [0.29, 0.717) is 27.9 Å². The van der Waals surface area contributed by atoms with Gasteiger partial charge in [-0.2, -0.15) is 0 Å². The van der Waals surface area contributed by atoms with E-state index in [1.165, 1.54) is 0 Å². The summed E-state index contributed by atoms with van der Waals surface area (Å²) in [5.41, 5.74) is 0.263. The van der Waals surface area contributed by atoms with Crippen LogP contribution in [-0.2, 0) is 25.7 Å². The zero-order valence-electron chi connectivity index (χ0n) is 18.5. The van der Waals surface area contributed by atoms with Crippen molar-refractivity contribution in [2.24, 2.45) is 0 Å². The molecule has 0 bridgehead atoms. The lowest BCUT2D eigenvalue weighted by molar-refractivity contribution is -0.149. The molecule has 0 aliphatic carbocycles. The summed E-state index contributed by atoms with van der Waals surface area (Å²) in [5.74, 6) is -7.23. The monoisotopic (exact) mass is 497 g/mol. The van der Waals surface area contributed by atoms with E-state index >= 15 is 0 Å². The predicted octanol–water partition coefficient (Wildman–Crippen LogP) is 2.87. The van der Waals surface area contributed by atoms with Crippen LogP contribution >= 0.6 is 0 Å². The first-order valence-electron chi connectivity index (χ1n) is 10.6. The maximum absolute atomic E-state index is 13.6. The fourth-order valence-electron chi connectivity index (χ4n) is 3.61. The first-order valence-corrected chi connectivity index (χ1v) is 10.6. The van der Waals surface area contributed by atoms with Crippen LogP contribution in [0.5, 0.6) is 0 Å². The van der Waals surface area contributed by atoms with Crippen LogP contribution in [0, 0.1) is 17.5 Å². The third kappa shape index (κ3) is 5.04. The molecule has 0 aliphatic rings. The minimum absolute atomic E-state index is 0.174. The molecule has 11 heteroatoms. The molecule has 4 rings (SSSR count). The Morgan fingerprint density at radius 1 is 0.806 bits per heavy atom. The number of amides is 2. The van der Waals surface area contributed by atoms with Gasteiger partial charge in [-0.3, -0.25) is 19.2 Å². The summed E-state index contributed by atoms with van der Waals surface area (Å²) in [4.78, 5) is 49.1. The molecular formula is C25H18F3N3O5. The first kappa shape index (κ1) is 24.5. The second-order valence-corrected chi connectivity index (χ2v) is 7.66. The van der Waals surface area contributed by atoms with Gasteiger partial charge in [-0.25, -0.2) is 13.2 Å². The molecule has 0 spiro atoms. The van der Waals surface area contributed by atoms with Crippen molar-refractivity contribution in [1.82, 2.24) is 9.88 Å². The fraction of sp³-hybridized carbons (Fsp3) is 0.120. The van der Waals surface area contributed by atoms with Crippen LogP contribution in [0.25, 0.3) is 21.8 Å². The van der Waals surface area contributed by atoms with Crippen LogP contribution in [0.15, 0.2) is 65.5 Å². The lowest BCUT2D eigenvalue weighted by Crippen LogP contribution is -2.36. The van der Waals surface area contributed by atoms with Gasteiger partial charge in [0.25, 0.3) is 5.91 Å². The van der Waals surface area contributed by atoms with E-state index in [-0.39, 0.29) is 12.0 Å². The third-order valence-electron chi connectivity index (χ3n) is 5.29. The number of hydrogen-bond acceptors (Lipinski definition) is 5. The molecule has 2 N–H and O–H groups in total. The summed E-state index contributed by atoms with van der Waals surface area (Å²) >= 11 is 0. The third-order valence-corrected chi connectivity index (χ3v) is 5.29. The lowest BCUT2D eigenvalue weighted by Gasteiger charge is -2.14. The Morgan fingerprint density at radius 3 is 2.06 bits per heavy atom. The Hall–Kier alpha value is -4.67. The van der Waals surface area contributed by atoms with Crippen LogP contribution < -0.4 is 16.1 Å². The van der Waals surface area contributed by atoms with Crippen LogP contribution in [0.4, 0.5) is 18.9 Å². The molecule has 1 aromatic heterocycles. The molecule has 8 nitrogen and oxygen atoms in total. The van der Waals surface area contributed by atoms with Crippen LogP contribution in [0.3, 0.4) is 0 Å². The normalized spacial score (nSPS) is 10.9. The van der Waals surface area contributed by atoms with E-state index < -0.39 is 54.1 Å². The van der Waals surface area contributed by atoms with Crippen molar-refractivity contribution in [2.75, 3.05) is 18.5 Å². The van der Waals surface area contributed by atoms with E-state index in [0.717, 1.165) is 6.07 Å². The maximum atomic E-state index is 13.6. The number of hydrogen-bond donors (Lipinski definition) is 2. The molecule has 0 atom stereocenters. The number of nitrogens with one attached hydrogen (secondary N) is 2. The van der Waals surface area contributed by atoms with Crippen LogP contribution in [-0.4, -0.2) is 35.5 Å². The highest BCUT2D eigenvalue weighted by atomic mass is 19.2. The largest absolute Gasteiger partial charge is 0.454 e. The van der Waals surface area contributed by atoms with E-state index in [4.69, 9.17) is 4.74 Å². The minimum Gasteiger partial charge on any atom is -0.454 e. The van der Waals surface area contributed by atoms with Crippen molar-refractivity contribution in [3.8, 4) is 0 Å². The van der Waals surface area contributed by atoms with Gasteiger partial charge in [0.05, 0.1) is 23.3 Å². The summed E-state index contributed by atoms with van der Waals surface area (Å²) in [7, 11) is 0. The number of pyridine rings is 1. The van der Waals surface area contributed by atoms with Crippen molar-refractivity contribution in [1.29, 1.82) is 0 Å². The van der Waals surface area contributed by atoms with Gasteiger partial charge in [-0.05, 0) is 36.4 Å². The van der Waals surface area contributed by atoms with E-state index in [1.807, 2.05) is 5.32 Å². The van der Waals surface area contributed by atoms with E-state index in [9.17, 15) is 32.3 Å². The number of rotatable bonds is 7. The highest BCUT2D eigenvalue weighted by molar-refractivity contribution is 5.96. The number of carbonyl (C=O) groups is 3. The minimum atomic E-state index is -1.74. The first-order chi connectivity index (χ1) is 17.3. The Morgan fingerprint density at radius 2 is 1.42 bits per heavy atom. The smallest absolute Gasteiger partial charge is 0.326 e. The molecule has 36 heavy (non-hydrogen) atoms. The van der Waals surface area contributed by atoms with Gasteiger partial charge in [-0.15, -0.1) is 0 Å². The second-order valence-electron chi connectivity index (χ2n) is 7.66. The molecule has 2 amide bonds. The molecule has 184 valence electrons. The SMILES string of the molecule is O=C(COC(=O)Cn1c2ccccc2c(=O)c2ccccc21)NCC(=O)Nc1ccc(F)c(F)c1F. The molecule has 1 heterocycles. The zero-order valence-corrected chi connectivity index (χ0v) is 18.5. The predicted molar refractivity (Wildman–Crippen MR) is 125 cm³/mol. The Bertz CT molecular complexity index is 1510. The van der Waals surface area contributed by atoms with Gasteiger partial charge < -0.3 is 19.9 Å². The fourth-order valence-corrected chi connectivity index (χ4v) is 3.61. The Balaban J connectivity index is 1.36. The number of fused-ring (bicyclic) bond motifs is 2. The number of ether oxygens (including phenoxy) is 1. The molecule has 0 saturated heterocycles. The van der Waals surface area contributed by atoms with Crippen LogP contribution in [0.1, 0.15) is 0 Å². The quantitative estimate of drug-likeness (QED) is 0.232. The van der Waals surface area contributed by atoms with Gasteiger partial charge in [0.1, 0.15) is 6.54 Å². The molecular weight excluding hydrogens is 479 g/mol. The van der Waals surface area contributed by atoms with Crippen LogP contribution in [0.2, 0.25) is 0 Å². The van der Waals surface area contributed by atoms with Gasteiger partial charge >= 0.3 is 5.97 Å². The van der Waals surface area contributed by atoms with Gasteiger partial charge in [0.15, 0.2) is 29.5 Å². The number of anilines is 1. The highest BCUT2D eigenvalue weighted by Gasteiger charge is 2.17. The number of carbonyl (C=O) groups excluding carboxylic acids is 3. The number of esters is 1. The Labute approximate surface area is 201 Å². The molecule has 0 saturated carbocycles. The molecule has 3 aromatic carbocycles. The van der Waals surface area contributed by atoms with Gasteiger partial charge in [-0.1, -0.05) is 24.3 Å². The molecule has 0 aliphatic heterocycles. The molecule has 0 fully saturated rings. The second kappa shape index (κ2) is 10.3. The topological polar surface area (TPSA) is 106 Å². The summed E-state index contributed by atoms with van der Waals surface area (Å²) in [6.07, 6.45) is 0. The standard InChI is InChI=1S/C25H18F3N3O5/c26-16-9-10-17(24(28)23(16)27)30-20(32)11-29-21(33)13-36-22(34)12-31-18-7-3-1-5-14(18)25(35)15-6-2-4-8-19(15)31/h1-10H,11-13H2,(H,29,33)(H,30,32). The van der Waals surface area contributed by atoms with Crippen molar-refractivity contribution in [3.05, 3.63) is 88.3 Å². The summed E-state index contributed by atoms with van der Waals surface area (Å²) < 4.78 is 46.5. The molecule has 0 radical (unpaired) electrons. The summed E-state index contributed by atoms with van der Waals surface area (Å²) in [5, 5.41) is 5.01. The van der Waals surface area contributed by atoms with Crippen molar-refractivity contribution in [2.45, 2.75) is 6.54 Å². The van der Waals surface area contributed by atoms with Crippen molar-refractivity contribution in [3.63, 3.8) is 0 Å². The van der Waals surface area contributed by atoms with Crippen molar-refractivity contribution >= 4 is 45.3 Å². The zero-order chi connectivity index (χ0) is 25.8. The molecule has 0 unspecified atom stereocenters. The number of aromatic nitrogens is 1. The number of benzene rings is 3. The summed E-state index contributed by atoms with van der Waals surface area (Å²) in [6, 6.07) is 15.0. The van der Waals surface area contributed by atoms with E-state index in [1.54, 1.807) is 53.1 Å². The molecule has 4 aromatic rings. The van der Waals surface area contributed by atoms with Crippen molar-refractivity contribution < 1.29 is 32.3 Å². The average Bonchev–Trinajstić information content (AvgIpc) is 2.89. The van der Waals surface area contributed by atoms with E-state index in [2.05, 4.69) is 5.32 Å². The van der Waals surface area contributed by atoms with Gasteiger partial charge in [0, 0.05) is 10.8 Å². The summed E-state index contributed by atoms with van der Waals surface area (Å²) in [6.45, 7) is -1.63. The Kier molecular flexibility index (Phi) is 7.00.